The Labute approximate surface area is 106 Å². The molecule has 3 nitrogen and oxygen atoms in total. The van der Waals surface area contributed by atoms with Crippen LogP contribution in [0.15, 0.2) is 24.3 Å². The van der Waals surface area contributed by atoms with Crippen LogP contribution in [0.5, 0.6) is 17.2 Å². The van der Waals surface area contributed by atoms with E-state index in [1.807, 2.05) is 13.8 Å². The molecule has 3 heteroatoms. The maximum absolute atomic E-state index is 9.93. The summed E-state index contributed by atoms with van der Waals surface area (Å²) in [6, 6.07) is 6.08. The number of phenolic OH excluding ortho intramolecular Hbond substituents is 3. The average Bonchev–Trinajstić information content (AvgIpc) is 2.31. The van der Waals surface area contributed by atoms with Crippen LogP contribution in [0, 0.1) is 20.8 Å². The lowest BCUT2D eigenvalue weighted by Gasteiger charge is -2.15. The molecule has 0 aliphatic rings. The Bertz CT molecular complexity index is 589. The van der Waals surface area contributed by atoms with Crippen molar-refractivity contribution in [1.82, 2.24) is 0 Å². The van der Waals surface area contributed by atoms with Crippen molar-refractivity contribution < 1.29 is 15.3 Å². The lowest BCUT2D eigenvalue weighted by atomic mass is 9.91. The standard InChI is InChI=1S/C15H16O3/c1-8-6-14(18)10(3)15(9(8)2)12-7-11(16)4-5-13(12)17/h4-7,16-18H,1-3H3. The SMILES string of the molecule is Cc1cc(O)c(C)c(-c2cc(O)ccc2O)c1C. The molecule has 0 amide bonds. The van der Waals surface area contributed by atoms with Crippen LogP contribution >= 0.6 is 0 Å². The first-order chi connectivity index (χ1) is 8.41. The molecule has 0 aliphatic carbocycles. The molecule has 0 spiro atoms. The van der Waals surface area contributed by atoms with Crippen LogP contribution in [0.3, 0.4) is 0 Å². The highest BCUT2D eigenvalue weighted by Gasteiger charge is 2.15. The number of aromatic hydroxyl groups is 3. The Hall–Kier alpha value is -2.16. The summed E-state index contributed by atoms with van der Waals surface area (Å²) in [5, 5.41) is 29.4. The maximum atomic E-state index is 9.93. The second kappa shape index (κ2) is 4.26. The first-order valence-electron chi connectivity index (χ1n) is 5.74. The quantitative estimate of drug-likeness (QED) is 0.674. The maximum Gasteiger partial charge on any atom is 0.123 e. The van der Waals surface area contributed by atoms with Gasteiger partial charge in [0, 0.05) is 5.56 Å². The Morgan fingerprint density at radius 1 is 0.778 bits per heavy atom. The van der Waals surface area contributed by atoms with Crippen LogP contribution in [-0.2, 0) is 0 Å². The highest BCUT2D eigenvalue weighted by atomic mass is 16.3. The van der Waals surface area contributed by atoms with Gasteiger partial charge in [0.15, 0.2) is 0 Å². The highest BCUT2D eigenvalue weighted by Crippen LogP contribution is 2.40. The zero-order valence-corrected chi connectivity index (χ0v) is 10.7. The Morgan fingerprint density at radius 2 is 1.44 bits per heavy atom. The molecule has 2 aromatic carbocycles. The van der Waals surface area contributed by atoms with E-state index < -0.39 is 0 Å². The van der Waals surface area contributed by atoms with Gasteiger partial charge in [-0.25, -0.2) is 0 Å². The lowest BCUT2D eigenvalue weighted by Crippen LogP contribution is -1.93. The monoisotopic (exact) mass is 244 g/mol. The molecule has 0 bridgehead atoms. The molecule has 0 aliphatic heterocycles. The third-order valence-electron chi connectivity index (χ3n) is 3.33. The molecule has 0 radical (unpaired) electrons. The van der Waals surface area contributed by atoms with Gasteiger partial charge < -0.3 is 15.3 Å². The largest absolute Gasteiger partial charge is 0.508 e. The van der Waals surface area contributed by atoms with Crippen LogP contribution in [0.4, 0.5) is 0 Å². The number of hydrogen-bond acceptors (Lipinski definition) is 3. The minimum atomic E-state index is 0.0857. The minimum Gasteiger partial charge on any atom is -0.508 e. The third kappa shape index (κ3) is 1.88. The molecule has 0 fully saturated rings. The van der Waals surface area contributed by atoms with E-state index in [9.17, 15) is 15.3 Å². The first-order valence-corrected chi connectivity index (χ1v) is 5.74. The van der Waals surface area contributed by atoms with Gasteiger partial charge >= 0.3 is 0 Å². The number of hydrogen-bond donors (Lipinski definition) is 3. The first kappa shape index (κ1) is 12.3. The van der Waals surface area contributed by atoms with E-state index >= 15 is 0 Å². The summed E-state index contributed by atoms with van der Waals surface area (Å²) in [6.07, 6.45) is 0. The second-order valence-electron chi connectivity index (χ2n) is 4.54. The fourth-order valence-electron chi connectivity index (χ4n) is 2.16. The summed E-state index contributed by atoms with van der Waals surface area (Å²) in [5.41, 5.74) is 3.91. The van der Waals surface area contributed by atoms with E-state index in [0.717, 1.165) is 16.7 Å². The minimum absolute atomic E-state index is 0.0857. The van der Waals surface area contributed by atoms with E-state index in [4.69, 9.17) is 0 Å². The topological polar surface area (TPSA) is 60.7 Å². The van der Waals surface area contributed by atoms with Gasteiger partial charge in [0.1, 0.15) is 17.2 Å². The van der Waals surface area contributed by atoms with Crippen molar-refractivity contribution in [3.05, 3.63) is 41.0 Å². The zero-order valence-electron chi connectivity index (χ0n) is 10.7. The summed E-state index contributed by atoms with van der Waals surface area (Å²) in [6.45, 7) is 5.62. The summed E-state index contributed by atoms with van der Waals surface area (Å²) >= 11 is 0. The molecule has 0 saturated carbocycles. The molecule has 2 rings (SSSR count). The molecule has 0 saturated heterocycles. The average molecular weight is 244 g/mol. The molecular weight excluding hydrogens is 228 g/mol. The van der Waals surface area contributed by atoms with Crippen LogP contribution < -0.4 is 0 Å². The van der Waals surface area contributed by atoms with Crippen LogP contribution in [0.2, 0.25) is 0 Å². The van der Waals surface area contributed by atoms with Crippen molar-refractivity contribution in [2.75, 3.05) is 0 Å². The van der Waals surface area contributed by atoms with Gasteiger partial charge in [0.25, 0.3) is 0 Å². The summed E-state index contributed by atoms with van der Waals surface area (Å²) in [7, 11) is 0. The molecule has 3 N–H and O–H groups in total. The van der Waals surface area contributed by atoms with Gasteiger partial charge in [-0.05, 0) is 67.3 Å². The highest BCUT2D eigenvalue weighted by molar-refractivity contribution is 5.79. The summed E-state index contributed by atoms with van der Waals surface area (Å²) in [4.78, 5) is 0. The van der Waals surface area contributed by atoms with Crippen molar-refractivity contribution in [3.63, 3.8) is 0 Å². The fourth-order valence-corrected chi connectivity index (χ4v) is 2.16. The van der Waals surface area contributed by atoms with E-state index in [1.54, 1.807) is 13.0 Å². The van der Waals surface area contributed by atoms with Crippen molar-refractivity contribution in [1.29, 1.82) is 0 Å². The van der Waals surface area contributed by atoms with Gasteiger partial charge in [-0.1, -0.05) is 0 Å². The van der Waals surface area contributed by atoms with Crippen molar-refractivity contribution in [2.24, 2.45) is 0 Å². The van der Waals surface area contributed by atoms with Crippen molar-refractivity contribution in [3.8, 4) is 28.4 Å². The molecule has 2 aromatic rings. The second-order valence-corrected chi connectivity index (χ2v) is 4.54. The zero-order chi connectivity index (χ0) is 13.4. The molecule has 0 atom stereocenters. The summed E-state index contributed by atoms with van der Waals surface area (Å²) < 4.78 is 0. The van der Waals surface area contributed by atoms with Gasteiger partial charge in [0.2, 0.25) is 0 Å². The molecule has 18 heavy (non-hydrogen) atoms. The van der Waals surface area contributed by atoms with Crippen LogP contribution in [-0.4, -0.2) is 15.3 Å². The number of rotatable bonds is 1. The van der Waals surface area contributed by atoms with E-state index in [0.29, 0.717) is 11.1 Å². The van der Waals surface area contributed by atoms with Crippen molar-refractivity contribution in [2.45, 2.75) is 20.8 Å². The molecular formula is C15H16O3. The van der Waals surface area contributed by atoms with E-state index in [-0.39, 0.29) is 17.2 Å². The molecule has 94 valence electrons. The van der Waals surface area contributed by atoms with Crippen LogP contribution in [0.25, 0.3) is 11.1 Å². The molecule has 0 unspecified atom stereocenters. The molecule has 0 heterocycles. The molecule has 0 aromatic heterocycles. The fraction of sp³-hybridized carbons (Fsp3) is 0.200. The third-order valence-corrected chi connectivity index (χ3v) is 3.33. The normalized spacial score (nSPS) is 10.6. The van der Waals surface area contributed by atoms with Gasteiger partial charge in [-0.15, -0.1) is 0 Å². The van der Waals surface area contributed by atoms with Gasteiger partial charge in [-0.2, -0.15) is 0 Å². The van der Waals surface area contributed by atoms with Gasteiger partial charge in [-0.3, -0.25) is 0 Å². The van der Waals surface area contributed by atoms with E-state index in [2.05, 4.69) is 0 Å². The lowest BCUT2D eigenvalue weighted by molar-refractivity contribution is 0.461. The van der Waals surface area contributed by atoms with Crippen LogP contribution in [0.1, 0.15) is 16.7 Å². The number of aryl methyl sites for hydroxylation is 1. The summed E-state index contributed by atoms with van der Waals surface area (Å²) in [5.74, 6) is 0.363. The Kier molecular flexibility index (Phi) is 2.91. The van der Waals surface area contributed by atoms with Gasteiger partial charge in [0.05, 0.1) is 0 Å². The predicted octanol–water partition coefficient (Wildman–Crippen LogP) is 3.40. The van der Waals surface area contributed by atoms with E-state index in [1.165, 1.54) is 18.2 Å². The predicted molar refractivity (Wildman–Crippen MR) is 71.1 cm³/mol. The number of phenols is 3. The Morgan fingerprint density at radius 3 is 2.11 bits per heavy atom. The number of benzene rings is 2. The Balaban J connectivity index is 2.82. The van der Waals surface area contributed by atoms with Crippen molar-refractivity contribution >= 4 is 0 Å². The smallest absolute Gasteiger partial charge is 0.123 e.